The molecule has 3 aromatic carbocycles. The molecule has 0 bridgehead atoms. The second kappa shape index (κ2) is 11.0. The van der Waals surface area contributed by atoms with Crippen LogP contribution in [0.15, 0.2) is 83.3 Å². The standard InChI is InChI=1S/C31H30BrN3O3/c1-4-37-30(36)31(2,3)18-29-34-27-17-24(38-20-23-14-13-21-9-6-8-12-26(21)33-23)15-16-28(27)35(29)19-22-10-5-7-11-25(22)32/h5-17H,4,18-20H2,1-3H3. The first-order valence-corrected chi connectivity index (χ1v) is 13.5. The quantitative estimate of drug-likeness (QED) is 0.176. The molecule has 2 aromatic heterocycles. The van der Waals surface area contributed by atoms with Crippen LogP contribution in [0, 0.1) is 5.41 Å². The minimum Gasteiger partial charge on any atom is -0.487 e. The van der Waals surface area contributed by atoms with Crippen LogP contribution in [0.5, 0.6) is 5.75 Å². The van der Waals surface area contributed by atoms with E-state index >= 15 is 0 Å². The van der Waals surface area contributed by atoms with E-state index < -0.39 is 5.41 Å². The maximum absolute atomic E-state index is 12.7. The van der Waals surface area contributed by atoms with Crippen molar-refractivity contribution in [3.05, 3.63) is 100 Å². The highest BCUT2D eigenvalue weighted by atomic mass is 79.9. The average molecular weight is 573 g/mol. The second-order valence-electron chi connectivity index (χ2n) is 9.92. The molecule has 194 valence electrons. The van der Waals surface area contributed by atoms with Crippen LogP contribution in [-0.4, -0.2) is 27.1 Å². The van der Waals surface area contributed by atoms with Crippen molar-refractivity contribution in [3.8, 4) is 5.75 Å². The molecule has 7 heteroatoms. The molecule has 0 amide bonds. The number of fused-ring (bicyclic) bond motifs is 2. The topological polar surface area (TPSA) is 66.2 Å². The van der Waals surface area contributed by atoms with E-state index in [1.807, 2.05) is 87.5 Å². The van der Waals surface area contributed by atoms with Gasteiger partial charge in [0.15, 0.2) is 0 Å². The van der Waals surface area contributed by atoms with Crippen molar-refractivity contribution >= 4 is 43.8 Å². The Morgan fingerprint density at radius 3 is 2.55 bits per heavy atom. The zero-order valence-corrected chi connectivity index (χ0v) is 23.4. The second-order valence-corrected chi connectivity index (χ2v) is 10.8. The molecule has 6 nitrogen and oxygen atoms in total. The molecule has 0 radical (unpaired) electrons. The van der Waals surface area contributed by atoms with E-state index in [1.165, 1.54) is 0 Å². The van der Waals surface area contributed by atoms with Crippen molar-refractivity contribution in [1.82, 2.24) is 14.5 Å². The summed E-state index contributed by atoms with van der Waals surface area (Å²) in [6, 6.07) is 26.2. The minimum atomic E-state index is -0.718. The number of pyridine rings is 1. The number of carbonyl (C=O) groups excluding carboxylic acids is 1. The maximum Gasteiger partial charge on any atom is 0.311 e. The molecular formula is C31H30BrN3O3. The molecular weight excluding hydrogens is 542 g/mol. The molecule has 0 saturated carbocycles. The molecule has 0 aliphatic rings. The van der Waals surface area contributed by atoms with Crippen LogP contribution in [0.3, 0.4) is 0 Å². The van der Waals surface area contributed by atoms with Crippen molar-refractivity contribution in [2.24, 2.45) is 5.41 Å². The predicted octanol–water partition coefficient (Wildman–Crippen LogP) is 7.11. The normalized spacial score (nSPS) is 11.7. The lowest BCUT2D eigenvalue weighted by atomic mass is 9.89. The number of aromatic nitrogens is 3. The third-order valence-corrected chi connectivity index (χ3v) is 7.33. The summed E-state index contributed by atoms with van der Waals surface area (Å²) in [4.78, 5) is 22.3. The summed E-state index contributed by atoms with van der Waals surface area (Å²) in [5.74, 6) is 1.31. The summed E-state index contributed by atoms with van der Waals surface area (Å²) < 4.78 is 14.7. The first-order valence-electron chi connectivity index (χ1n) is 12.7. The molecule has 5 rings (SSSR count). The van der Waals surface area contributed by atoms with Gasteiger partial charge in [-0.25, -0.2) is 9.97 Å². The molecule has 0 unspecified atom stereocenters. The summed E-state index contributed by atoms with van der Waals surface area (Å²) in [6.45, 7) is 6.95. The fourth-order valence-electron chi connectivity index (χ4n) is 4.50. The van der Waals surface area contributed by atoms with Gasteiger partial charge in [-0.2, -0.15) is 0 Å². The largest absolute Gasteiger partial charge is 0.487 e. The lowest BCUT2D eigenvalue weighted by Gasteiger charge is -2.22. The molecule has 0 aliphatic heterocycles. The summed E-state index contributed by atoms with van der Waals surface area (Å²) in [5.41, 5.74) is 4.01. The molecule has 0 atom stereocenters. The Balaban J connectivity index is 1.45. The SMILES string of the molecule is CCOC(=O)C(C)(C)Cc1nc2cc(OCc3ccc4ccccc4n3)ccc2n1Cc1ccccc1Br. The van der Waals surface area contributed by atoms with Crippen LogP contribution < -0.4 is 4.74 Å². The van der Waals surface area contributed by atoms with Gasteiger partial charge in [-0.05, 0) is 56.7 Å². The van der Waals surface area contributed by atoms with Crippen molar-refractivity contribution in [1.29, 1.82) is 0 Å². The van der Waals surface area contributed by atoms with Gasteiger partial charge in [0.25, 0.3) is 0 Å². The smallest absolute Gasteiger partial charge is 0.311 e. The zero-order chi connectivity index (χ0) is 26.7. The lowest BCUT2D eigenvalue weighted by molar-refractivity contribution is -0.153. The third kappa shape index (κ3) is 5.58. The molecule has 0 fully saturated rings. The number of imidazole rings is 1. The van der Waals surface area contributed by atoms with Gasteiger partial charge in [-0.15, -0.1) is 0 Å². The maximum atomic E-state index is 12.7. The number of carbonyl (C=O) groups is 1. The van der Waals surface area contributed by atoms with Crippen molar-refractivity contribution in [2.45, 2.75) is 40.3 Å². The predicted molar refractivity (Wildman–Crippen MR) is 153 cm³/mol. The number of hydrogen-bond donors (Lipinski definition) is 0. The van der Waals surface area contributed by atoms with Crippen LogP contribution in [0.25, 0.3) is 21.9 Å². The lowest BCUT2D eigenvalue weighted by Crippen LogP contribution is -2.30. The third-order valence-electron chi connectivity index (χ3n) is 6.56. The number of benzene rings is 3. The van der Waals surface area contributed by atoms with Crippen LogP contribution in [0.2, 0.25) is 0 Å². The molecule has 0 saturated heterocycles. The highest BCUT2D eigenvalue weighted by molar-refractivity contribution is 9.10. The van der Waals surface area contributed by atoms with Gasteiger partial charge in [0, 0.05) is 22.3 Å². The van der Waals surface area contributed by atoms with Crippen LogP contribution >= 0.6 is 15.9 Å². The van der Waals surface area contributed by atoms with Gasteiger partial charge in [0.1, 0.15) is 18.2 Å². The van der Waals surface area contributed by atoms with E-state index in [-0.39, 0.29) is 5.97 Å². The first-order chi connectivity index (χ1) is 18.3. The van der Waals surface area contributed by atoms with Crippen molar-refractivity contribution < 1.29 is 14.3 Å². The fraction of sp³-hybridized carbons (Fsp3) is 0.258. The van der Waals surface area contributed by atoms with E-state index in [2.05, 4.69) is 32.6 Å². The van der Waals surface area contributed by atoms with Gasteiger partial charge < -0.3 is 14.0 Å². The summed E-state index contributed by atoms with van der Waals surface area (Å²) in [5, 5.41) is 1.10. The number of nitrogens with zero attached hydrogens (tertiary/aromatic N) is 3. The van der Waals surface area contributed by atoms with E-state index in [1.54, 1.807) is 0 Å². The van der Waals surface area contributed by atoms with E-state index in [0.717, 1.165) is 43.5 Å². The number of esters is 1. The van der Waals surface area contributed by atoms with Gasteiger partial charge in [0.2, 0.25) is 0 Å². The molecule has 0 aliphatic carbocycles. The Morgan fingerprint density at radius 2 is 1.74 bits per heavy atom. The van der Waals surface area contributed by atoms with Crippen LogP contribution in [-0.2, 0) is 29.1 Å². The highest BCUT2D eigenvalue weighted by Crippen LogP contribution is 2.30. The zero-order valence-electron chi connectivity index (χ0n) is 21.8. The molecule has 0 spiro atoms. The van der Waals surface area contributed by atoms with Gasteiger partial charge in [-0.1, -0.05) is 58.4 Å². The van der Waals surface area contributed by atoms with Gasteiger partial charge in [0.05, 0.1) is 40.8 Å². The first kappa shape index (κ1) is 25.9. The van der Waals surface area contributed by atoms with E-state index in [0.29, 0.717) is 31.9 Å². The Kier molecular flexibility index (Phi) is 7.47. The molecule has 38 heavy (non-hydrogen) atoms. The molecule has 5 aromatic rings. The summed E-state index contributed by atoms with van der Waals surface area (Å²) >= 11 is 3.67. The number of halogens is 1. The monoisotopic (exact) mass is 571 g/mol. The summed E-state index contributed by atoms with van der Waals surface area (Å²) in [7, 11) is 0. The van der Waals surface area contributed by atoms with Crippen LogP contribution in [0.4, 0.5) is 0 Å². The number of ether oxygens (including phenoxy) is 2. The highest BCUT2D eigenvalue weighted by Gasteiger charge is 2.32. The number of rotatable bonds is 9. The van der Waals surface area contributed by atoms with E-state index in [9.17, 15) is 4.79 Å². The average Bonchev–Trinajstić information content (AvgIpc) is 3.24. The van der Waals surface area contributed by atoms with Crippen LogP contribution in [0.1, 0.15) is 37.9 Å². The summed E-state index contributed by atoms with van der Waals surface area (Å²) in [6.07, 6.45) is 0.447. The number of hydrogen-bond acceptors (Lipinski definition) is 5. The Labute approximate surface area is 230 Å². The molecule has 0 N–H and O–H groups in total. The molecule has 2 heterocycles. The number of para-hydroxylation sites is 1. The van der Waals surface area contributed by atoms with Gasteiger partial charge in [-0.3, -0.25) is 4.79 Å². The van der Waals surface area contributed by atoms with E-state index in [4.69, 9.17) is 19.4 Å². The Bertz CT molecular complexity index is 1610. The minimum absolute atomic E-state index is 0.230. The fourth-order valence-corrected chi connectivity index (χ4v) is 4.91. The Hall–Kier alpha value is -3.71. The van der Waals surface area contributed by atoms with Crippen molar-refractivity contribution in [3.63, 3.8) is 0 Å². The van der Waals surface area contributed by atoms with Gasteiger partial charge >= 0.3 is 5.97 Å². The van der Waals surface area contributed by atoms with Crippen molar-refractivity contribution in [2.75, 3.05) is 6.61 Å². The Morgan fingerprint density at radius 1 is 0.947 bits per heavy atom.